The summed E-state index contributed by atoms with van der Waals surface area (Å²) in [6.07, 6.45) is 1.58. The Labute approximate surface area is 171 Å². The lowest BCUT2D eigenvalue weighted by atomic mass is 10.2. The number of halogens is 1. The average Bonchev–Trinajstić information content (AvgIpc) is 3.16. The Morgan fingerprint density at radius 2 is 2.11 bits per heavy atom. The maximum Gasteiger partial charge on any atom is 0.234 e. The molecule has 0 atom stereocenters. The number of ether oxygens (including phenoxy) is 1. The number of nitrogens with zero attached hydrogens (tertiary/aromatic N) is 4. The number of hydrogen-bond acceptors (Lipinski definition) is 6. The second-order valence-corrected chi connectivity index (χ2v) is 7.07. The Kier molecular flexibility index (Phi) is 6.53. The van der Waals surface area contributed by atoms with Crippen LogP contribution in [0.4, 0.5) is 5.69 Å². The van der Waals surface area contributed by atoms with E-state index in [-0.39, 0.29) is 18.3 Å². The van der Waals surface area contributed by atoms with E-state index in [9.17, 15) is 4.79 Å². The molecular weight excluding hydrogens is 398 g/mol. The average molecular weight is 414 g/mol. The monoisotopic (exact) mass is 413 g/mol. The number of carbonyl (C=O) groups is 1. The summed E-state index contributed by atoms with van der Waals surface area (Å²) >= 11 is 7.46. The highest BCUT2D eigenvalue weighted by Crippen LogP contribution is 2.24. The quantitative estimate of drug-likeness (QED) is 0.591. The van der Waals surface area contributed by atoms with Crippen LogP contribution in [0, 0.1) is 18.3 Å². The number of nitrogens with one attached hydrogen (secondary N) is 1. The zero-order chi connectivity index (χ0) is 19.9. The van der Waals surface area contributed by atoms with Crippen LogP contribution < -0.4 is 10.1 Å². The van der Waals surface area contributed by atoms with Crippen molar-refractivity contribution in [1.82, 2.24) is 14.8 Å². The largest absolute Gasteiger partial charge is 0.479 e. The van der Waals surface area contributed by atoms with Crippen molar-refractivity contribution in [2.75, 3.05) is 17.7 Å². The molecule has 28 heavy (non-hydrogen) atoms. The highest BCUT2D eigenvalue weighted by molar-refractivity contribution is 7.99. The van der Waals surface area contributed by atoms with E-state index in [2.05, 4.69) is 15.5 Å². The number of aromatic nitrogens is 3. The lowest BCUT2D eigenvalue weighted by Crippen LogP contribution is -2.14. The van der Waals surface area contributed by atoms with Gasteiger partial charge in [0, 0.05) is 10.7 Å². The van der Waals surface area contributed by atoms with E-state index in [0.29, 0.717) is 21.6 Å². The van der Waals surface area contributed by atoms with E-state index < -0.39 is 0 Å². The summed E-state index contributed by atoms with van der Waals surface area (Å²) in [6, 6.07) is 14.4. The first kappa shape index (κ1) is 19.7. The summed E-state index contributed by atoms with van der Waals surface area (Å²) in [5.74, 6) is 0.566. The first-order chi connectivity index (χ1) is 13.6. The summed E-state index contributed by atoms with van der Waals surface area (Å²) in [5.41, 5.74) is 2.45. The minimum Gasteiger partial charge on any atom is -0.479 e. The van der Waals surface area contributed by atoms with Gasteiger partial charge in [0.2, 0.25) is 5.91 Å². The molecule has 0 bridgehead atoms. The second-order valence-electron chi connectivity index (χ2n) is 5.73. The van der Waals surface area contributed by atoms with E-state index in [1.54, 1.807) is 35.2 Å². The van der Waals surface area contributed by atoms with Gasteiger partial charge in [0.05, 0.1) is 11.4 Å². The van der Waals surface area contributed by atoms with Crippen LogP contribution in [0.3, 0.4) is 0 Å². The van der Waals surface area contributed by atoms with Gasteiger partial charge in [-0.1, -0.05) is 29.4 Å². The molecule has 0 spiro atoms. The summed E-state index contributed by atoms with van der Waals surface area (Å²) in [7, 11) is 0. The van der Waals surface area contributed by atoms with Crippen LogP contribution in [0.2, 0.25) is 5.02 Å². The number of rotatable bonds is 7. The normalized spacial score (nSPS) is 10.3. The third kappa shape index (κ3) is 5.03. The molecule has 1 heterocycles. The van der Waals surface area contributed by atoms with Crippen molar-refractivity contribution in [2.24, 2.45) is 0 Å². The predicted molar refractivity (Wildman–Crippen MR) is 108 cm³/mol. The van der Waals surface area contributed by atoms with Crippen LogP contribution in [0.25, 0.3) is 5.69 Å². The molecule has 3 aromatic rings. The van der Waals surface area contributed by atoms with Gasteiger partial charge >= 0.3 is 0 Å². The molecule has 1 amide bonds. The molecular formula is C19H16ClN5O2S. The lowest BCUT2D eigenvalue weighted by molar-refractivity contribution is -0.113. The van der Waals surface area contributed by atoms with Crippen molar-refractivity contribution in [3.8, 4) is 17.5 Å². The molecule has 0 radical (unpaired) electrons. The van der Waals surface area contributed by atoms with Crippen LogP contribution in [-0.4, -0.2) is 33.0 Å². The minimum atomic E-state index is -0.174. The molecule has 0 aliphatic heterocycles. The van der Waals surface area contributed by atoms with Gasteiger partial charge in [-0.15, -0.1) is 10.2 Å². The number of thioether (sulfide) groups is 1. The van der Waals surface area contributed by atoms with Gasteiger partial charge in [-0.05, 0) is 48.9 Å². The van der Waals surface area contributed by atoms with Crippen LogP contribution in [0.15, 0.2) is 53.9 Å². The Morgan fingerprint density at radius 1 is 1.32 bits per heavy atom. The number of aryl methyl sites for hydroxylation is 1. The van der Waals surface area contributed by atoms with Gasteiger partial charge in [0.15, 0.2) is 11.8 Å². The molecule has 1 aromatic heterocycles. The number of hydrogen-bond donors (Lipinski definition) is 1. The van der Waals surface area contributed by atoms with E-state index >= 15 is 0 Å². The third-order valence-electron chi connectivity index (χ3n) is 3.72. The molecule has 0 fully saturated rings. The number of anilines is 1. The lowest BCUT2D eigenvalue weighted by Gasteiger charge is -2.09. The molecule has 0 aliphatic rings. The molecule has 0 saturated heterocycles. The van der Waals surface area contributed by atoms with Crippen molar-refractivity contribution in [1.29, 1.82) is 5.26 Å². The van der Waals surface area contributed by atoms with Crippen LogP contribution in [0.1, 0.15) is 5.56 Å². The topological polar surface area (TPSA) is 92.8 Å². The number of benzene rings is 2. The summed E-state index contributed by atoms with van der Waals surface area (Å²) in [5, 5.41) is 20.6. The summed E-state index contributed by atoms with van der Waals surface area (Å²) in [4.78, 5) is 12.2. The number of carbonyl (C=O) groups excluding carboxylic acids is 1. The Bertz CT molecular complexity index is 1010. The zero-order valence-electron chi connectivity index (χ0n) is 14.9. The van der Waals surface area contributed by atoms with Crippen molar-refractivity contribution in [3.63, 3.8) is 0 Å². The highest BCUT2D eigenvalue weighted by atomic mass is 35.5. The first-order valence-electron chi connectivity index (χ1n) is 8.26. The van der Waals surface area contributed by atoms with E-state index in [1.165, 1.54) is 11.8 Å². The van der Waals surface area contributed by atoms with Crippen LogP contribution in [-0.2, 0) is 4.79 Å². The zero-order valence-corrected chi connectivity index (χ0v) is 16.5. The van der Waals surface area contributed by atoms with Crippen molar-refractivity contribution >= 4 is 35.0 Å². The molecule has 9 heteroatoms. The van der Waals surface area contributed by atoms with Gasteiger partial charge in [-0.25, -0.2) is 0 Å². The van der Waals surface area contributed by atoms with Gasteiger partial charge in [0.1, 0.15) is 18.1 Å². The van der Waals surface area contributed by atoms with Crippen molar-refractivity contribution in [3.05, 3.63) is 59.4 Å². The van der Waals surface area contributed by atoms with Crippen molar-refractivity contribution < 1.29 is 9.53 Å². The Hall–Kier alpha value is -3.02. The molecule has 0 unspecified atom stereocenters. The Morgan fingerprint density at radius 3 is 2.82 bits per heavy atom. The molecule has 2 aromatic carbocycles. The second kappa shape index (κ2) is 9.26. The predicted octanol–water partition coefficient (Wildman–Crippen LogP) is 3.86. The minimum absolute atomic E-state index is 0.0186. The Balaban J connectivity index is 1.59. The standard InChI is InChI=1S/C19H16ClN5O2S/c1-13-2-5-15(10-17(13)20)25-12-22-24-19(25)28-11-18(26)23-14-3-6-16(7-4-14)27-9-8-21/h2-7,10,12H,9,11H2,1H3,(H,23,26). The maximum absolute atomic E-state index is 12.2. The fourth-order valence-electron chi connectivity index (χ4n) is 2.31. The third-order valence-corrected chi connectivity index (χ3v) is 5.07. The first-order valence-corrected chi connectivity index (χ1v) is 9.62. The van der Waals surface area contributed by atoms with Crippen LogP contribution in [0.5, 0.6) is 5.75 Å². The fourth-order valence-corrected chi connectivity index (χ4v) is 3.21. The molecule has 3 rings (SSSR count). The number of amides is 1. The van der Waals surface area contributed by atoms with Crippen molar-refractivity contribution in [2.45, 2.75) is 12.1 Å². The highest BCUT2D eigenvalue weighted by Gasteiger charge is 2.11. The number of nitriles is 1. The van der Waals surface area contributed by atoms with E-state index in [0.717, 1.165) is 11.3 Å². The van der Waals surface area contributed by atoms with Gasteiger partial charge < -0.3 is 10.1 Å². The van der Waals surface area contributed by atoms with E-state index in [4.69, 9.17) is 21.6 Å². The molecule has 0 aliphatic carbocycles. The van der Waals surface area contributed by atoms with Gasteiger partial charge in [-0.2, -0.15) is 5.26 Å². The smallest absolute Gasteiger partial charge is 0.234 e. The summed E-state index contributed by atoms with van der Waals surface area (Å²) in [6.45, 7) is 1.91. The molecule has 7 nitrogen and oxygen atoms in total. The maximum atomic E-state index is 12.2. The fraction of sp³-hybridized carbons (Fsp3) is 0.158. The van der Waals surface area contributed by atoms with Gasteiger partial charge in [0.25, 0.3) is 0 Å². The molecule has 0 saturated carbocycles. The van der Waals surface area contributed by atoms with E-state index in [1.807, 2.05) is 31.2 Å². The summed E-state index contributed by atoms with van der Waals surface area (Å²) < 4.78 is 6.96. The molecule has 1 N–H and O–H groups in total. The van der Waals surface area contributed by atoms with Crippen LogP contribution >= 0.6 is 23.4 Å². The van der Waals surface area contributed by atoms with Gasteiger partial charge in [-0.3, -0.25) is 9.36 Å². The molecule has 142 valence electrons. The SMILES string of the molecule is Cc1ccc(-n2cnnc2SCC(=O)Nc2ccc(OCC#N)cc2)cc1Cl.